The fourth-order valence-corrected chi connectivity index (χ4v) is 7.15. The molecule has 1 saturated heterocycles. The number of nitrogens with one attached hydrogen (secondary N) is 1. The van der Waals surface area contributed by atoms with E-state index in [0.717, 1.165) is 39.9 Å². The van der Waals surface area contributed by atoms with Crippen molar-refractivity contribution in [2.45, 2.75) is 42.4 Å². The molecule has 0 saturated carbocycles. The number of thiophene rings is 1. The first-order valence-corrected chi connectivity index (χ1v) is 12.8. The molecule has 3 heterocycles. The summed E-state index contributed by atoms with van der Waals surface area (Å²) in [6.45, 7) is 1.71. The van der Waals surface area contributed by atoms with Gasteiger partial charge < -0.3 is 10.1 Å². The van der Waals surface area contributed by atoms with E-state index in [1.165, 1.54) is 11.3 Å². The molecule has 1 aromatic heterocycles. The summed E-state index contributed by atoms with van der Waals surface area (Å²) in [6, 6.07) is 9.04. The zero-order valence-corrected chi connectivity index (χ0v) is 19.1. The Bertz CT molecular complexity index is 1000. The van der Waals surface area contributed by atoms with E-state index >= 15 is 0 Å². The van der Waals surface area contributed by atoms with Crippen LogP contribution in [0, 0.1) is 0 Å². The highest BCUT2D eigenvalue weighted by Gasteiger charge is 2.28. The van der Waals surface area contributed by atoms with E-state index in [2.05, 4.69) is 21.2 Å². The average Bonchev–Trinajstić information content (AvgIpc) is 3.18. The Morgan fingerprint density at radius 1 is 1.21 bits per heavy atom. The molecule has 0 radical (unpaired) electrons. The number of halogens is 1. The van der Waals surface area contributed by atoms with Crippen molar-refractivity contribution < 1.29 is 17.9 Å². The molecule has 1 amide bonds. The highest BCUT2D eigenvalue weighted by atomic mass is 79.9. The van der Waals surface area contributed by atoms with Crippen LogP contribution < -0.4 is 10.1 Å². The van der Waals surface area contributed by atoms with E-state index < -0.39 is 10.0 Å². The van der Waals surface area contributed by atoms with Crippen molar-refractivity contribution in [3.8, 4) is 5.75 Å². The van der Waals surface area contributed by atoms with Crippen molar-refractivity contribution in [3.63, 3.8) is 0 Å². The van der Waals surface area contributed by atoms with E-state index in [4.69, 9.17) is 4.74 Å². The van der Waals surface area contributed by atoms with Gasteiger partial charge >= 0.3 is 0 Å². The first kappa shape index (κ1) is 20.8. The van der Waals surface area contributed by atoms with Crippen LogP contribution in [0.4, 0.5) is 0 Å². The number of piperidine rings is 1. The molecule has 1 N–H and O–H groups in total. The second kappa shape index (κ2) is 8.75. The van der Waals surface area contributed by atoms with Crippen LogP contribution in [0.15, 0.2) is 39.0 Å². The molecule has 0 aliphatic carbocycles. The predicted molar refractivity (Wildman–Crippen MR) is 116 cm³/mol. The summed E-state index contributed by atoms with van der Waals surface area (Å²) in [5.41, 5.74) is 0.957. The maximum absolute atomic E-state index is 12.8. The van der Waals surface area contributed by atoms with Gasteiger partial charge in [-0.25, -0.2) is 8.42 Å². The quantitative estimate of drug-likeness (QED) is 0.678. The van der Waals surface area contributed by atoms with Gasteiger partial charge in [0.2, 0.25) is 5.91 Å². The standard InChI is InChI=1S/C20H23BrN2O4S2/c21-14-4-6-18-16(12-14)17(8-11-27-18)22-19(24)13-15-5-7-20(28-15)29(25,26)23-9-2-1-3-10-23/h4-7,12,17H,1-3,8-11,13H2,(H,22,24). The number of benzene rings is 1. The van der Waals surface area contributed by atoms with Gasteiger partial charge in [0.05, 0.1) is 19.1 Å². The van der Waals surface area contributed by atoms with E-state index in [9.17, 15) is 13.2 Å². The molecule has 156 valence electrons. The molecule has 4 rings (SSSR count). The SMILES string of the molecule is O=C(Cc1ccc(S(=O)(=O)N2CCCCC2)s1)NC1CCOc2ccc(Br)cc21. The third-order valence-corrected chi connectivity index (χ3v) is 9.17. The lowest BCUT2D eigenvalue weighted by molar-refractivity contribution is -0.121. The summed E-state index contributed by atoms with van der Waals surface area (Å²) in [5, 5.41) is 3.07. The number of amides is 1. The van der Waals surface area contributed by atoms with Crippen molar-refractivity contribution in [2.24, 2.45) is 0 Å². The summed E-state index contributed by atoms with van der Waals surface area (Å²) in [7, 11) is -3.45. The van der Waals surface area contributed by atoms with Gasteiger partial charge in [-0.2, -0.15) is 4.31 Å². The lowest BCUT2D eigenvalue weighted by Gasteiger charge is -2.27. The van der Waals surface area contributed by atoms with E-state index in [1.54, 1.807) is 16.4 Å². The van der Waals surface area contributed by atoms with Gasteiger partial charge in [-0.1, -0.05) is 22.4 Å². The van der Waals surface area contributed by atoms with Gasteiger partial charge in [0.15, 0.2) is 0 Å². The zero-order valence-electron chi connectivity index (χ0n) is 15.9. The summed E-state index contributed by atoms with van der Waals surface area (Å²) in [5.74, 6) is 0.669. The molecule has 2 aliphatic heterocycles. The minimum Gasteiger partial charge on any atom is -0.493 e. The molecule has 9 heteroatoms. The first-order chi connectivity index (χ1) is 13.9. The van der Waals surface area contributed by atoms with Crippen LogP contribution >= 0.6 is 27.3 Å². The molecule has 0 spiro atoms. The molecule has 1 unspecified atom stereocenters. The van der Waals surface area contributed by atoms with Crippen LogP contribution in [-0.2, 0) is 21.2 Å². The Morgan fingerprint density at radius 2 is 2.00 bits per heavy atom. The van der Waals surface area contributed by atoms with E-state index in [0.29, 0.717) is 30.3 Å². The molecule has 1 atom stereocenters. The topological polar surface area (TPSA) is 75.7 Å². The van der Waals surface area contributed by atoms with E-state index in [-0.39, 0.29) is 18.4 Å². The molecule has 29 heavy (non-hydrogen) atoms. The summed E-state index contributed by atoms with van der Waals surface area (Å²) >= 11 is 4.65. The van der Waals surface area contributed by atoms with Crippen molar-refractivity contribution in [1.29, 1.82) is 0 Å². The monoisotopic (exact) mass is 498 g/mol. The number of hydrogen-bond acceptors (Lipinski definition) is 5. The minimum atomic E-state index is -3.45. The fourth-order valence-electron chi connectivity index (χ4n) is 3.74. The zero-order chi connectivity index (χ0) is 20.4. The van der Waals surface area contributed by atoms with Crippen LogP contribution in [-0.4, -0.2) is 38.3 Å². The molecule has 2 aromatic rings. The van der Waals surface area contributed by atoms with Crippen LogP contribution in [0.3, 0.4) is 0 Å². The van der Waals surface area contributed by atoms with Gasteiger partial charge in [-0.05, 0) is 43.2 Å². The van der Waals surface area contributed by atoms with Gasteiger partial charge in [-0.3, -0.25) is 4.79 Å². The molecular weight excluding hydrogens is 476 g/mol. The lowest BCUT2D eigenvalue weighted by Crippen LogP contribution is -2.35. The molecule has 1 fully saturated rings. The normalized spacial score (nSPS) is 20.0. The second-order valence-corrected chi connectivity index (χ2v) is 11.6. The second-order valence-electron chi connectivity index (χ2n) is 7.30. The highest BCUT2D eigenvalue weighted by Crippen LogP contribution is 2.34. The maximum Gasteiger partial charge on any atom is 0.252 e. The third kappa shape index (κ3) is 4.68. The lowest BCUT2D eigenvalue weighted by atomic mass is 10.0. The van der Waals surface area contributed by atoms with Crippen molar-refractivity contribution in [2.75, 3.05) is 19.7 Å². The van der Waals surface area contributed by atoms with Crippen LogP contribution in [0.25, 0.3) is 0 Å². The molecular formula is C20H23BrN2O4S2. The number of sulfonamides is 1. The van der Waals surface area contributed by atoms with Crippen LogP contribution in [0.2, 0.25) is 0 Å². The van der Waals surface area contributed by atoms with Crippen molar-refractivity contribution in [3.05, 3.63) is 45.2 Å². The largest absolute Gasteiger partial charge is 0.493 e. The van der Waals surface area contributed by atoms with Crippen LogP contribution in [0.5, 0.6) is 5.75 Å². The van der Waals surface area contributed by atoms with Gasteiger partial charge in [0.25, 0.3) is 10.0 Å². The van der Waals surface area contributed by atoms with Crippen molar-refractivity contribution in [1.82, 2.24) is 9.62 Å². The summed E-state index contributed by atoms with van der Waals surface area (Å²) < 4.78 is 34.1. The number of carbonyl (C=O) groups excluding carboxylic acids is 1. The van der Waals surface area contributed by atoms with E-state index in [1.807, 2.05) is 18.2 Å². The predicted octanol–water partition coefficient (Wildman–Crippen LogP) is 3.87. The molecule has 1 aromatic carbocycles. The number of carbonyl (C=O) groups is 1. The fraction of sp³-hybridized carbons (Fsp3) is 0.450. The molecule has 6 nitrogen and oxygen atoms in total. The Morgan fingerprint density at radius 3 is 2.79 bits per heavy atom. The number of hydrogen-bond donors (Lipinski definition) is 1. The molecule has 0 bridgehead atoms. The number of ether oxygens (including phenoxy) is 1. The third-order valence-electron chi connectivity index (χ3n) is 5.23. The summed E-state index contributed by atoms with van der Waals surface area (Å²) in [6.07, 6.45) is 3.76. The molecule has 2 aliphatic rings. The average molecular weight is 499 g/mol. The van der Waals surface area contributed by atoms with Crippen molar-refractivity contribution >= 4 is 43.2 Å². The number of rotatable bonds is 5. The number of fused-ring (bicyclic) bond motifs is 1. The Hall–Kier alpha value is -1.42. The first-order valence-electron chi connectivity index (χ1n) is 9.74. The number of nitrogens with zero attached hydrogens (tertiary/aromatic N) is 1. The van der Waals surface area contributed by atoms with Gasteiger partial charge in [0.1, 0.15) is 9.96 Å². The smallest absolute Gasteiger partial charge is 0.252 e. The summed E-state index contributed by atoms with van der Waals surface area (Å²) in [4.78, 5) is 13.4. The minimum absolute atomic E-state index is 0.111. The maximum atomic E-state index is 12.8. The Labute approximate surface area is 183 Å². The van der Waals surface area contributed by atoms with Gasteiger partial charge in [-0.15, -0.1) is 11.3 Å². The Kier molecular flexibility index (Phi) is 6.29. The Balaban J connectivity index is 1.42. The van der Waals surface area contributed by atoms with Gasteiger partial charge in [0, 0.05) is 34.4 Å². The van der Waals surface area contributed by atoms with Crippen LogP contribution in [0.1, 0.15) is 42.2 Å². The highest BCUT2D eigenvalue weighted by molar-refractivity contribution is 9.10.